The number of thiophene rings is 1. The number of hydrogen-bond acceptors (Lipinski definition) is 5. The molecule has 0 radical (unpaired) electrons. The molecule has 3 rings (SSSR count). The molecule has 1 amide bonds. The topological polar surface area (TPSA) is 55.8 Å². The number of hydrogen-bond donors (Lipinski definition) is 0. The molecule has 1 aliphatic heterocycles. The first-order valence-electron chi connectivity index (χ1n) is 7.62. The molecule has 1 aliphatic rings. The fraction of sp³-hybridized carbons (Fsp3) is 0.412. The van der Waals surface area contributed by atoms with Crippen molar-refractivity contribution in [1.82, 2.24) is 4.90 Å². The van der Waals surface area contributed by atoms with E-state index in [4.69, 9.17) is 9.47 Å². The van der Waals surface area contributed by atoms with Crippen molar-refractivity contribution >= 4 is 33.3 Å². The van der Waals surface area contributed by atoms with Gasteiger partial charge >= 0.3 is 5.97 Å². The fourth-order valence-corrected chi connectivity index (χ4v) is 3.71. The van der Waals surface area contributed by atoms with Gasteiger partial charge in [0.05, 0.1) is 12.2 Å². The number of benzene rings is 1. The van der Waals surface area contributed by atoms with Crippen LogP contribution in [-0.2, 0) is 14.3 Å². The van der Waals surface area contributed by atoms with Crippen molar-refractivity contribution in [3.63, 3.8) is 0 Å². The van der Waals surface area contributed by atoms with Crippen molar-refractivity contribution in [3.05, 3.63) is 35.2 Å². The van der Waals surface area contributed by atoms with Crippen LogP contribution in [-0.4, -0.2) is 48.7 Å². The Labute approximate surface area is 138 Å². The van der Waals surface area contributed by atoms with E-state index in [0.29, 0.717) is 18.0 Å². The zero-order valence-corrected chi connectivity index (χ0v) is 14.0. The number of esters is 1. The van der Waals surface area contributed by atoms with Gasteiger partial charge in [0, 0.05) is 17.8 Å². The number of ether oxygens (including phenoxy) is 2. The minimum atomic E-state index is -0.450. The van der Waals surface area contributed by atoms with Gasteiger partial charge in [0.25, 0.3) is 5.91 Å². The standard InChI is InChI=1S/C17H19NO4S/c1-11-8-18(9-12(2)22-11)16(19)10-21-17(20)15-7-13-5-3-4-6-14(13)23-15/h3-7,11-12H,8-10H2,1-2H3/t11-,12+. The Balaban J connectivity index is 1.59. The van der Waals surface area contributed by atoms with Crippen LogP contribution in [0, 0.1) is 0 Å². The first kappa shape index (κ1) is 16.0. The Morgan fingerprint density at radius 2 is 1.96 bits per heavy atom. The summed E-state index contributed by atoms with van der Waals surface area (Å²) in [4.78, 5) is 26.5. The average molecular weight is 333 g/mol. The van der Waals surface area contributed by atoms with Gasteiger partial charge in [0.2, 0.25) is 0 Å². The van der Waals surface area contributed by atoms with Gasteiger partial charge in [-0.1, -0.05) is 18.2 Å². The molecule has 0 spiro atoms. The van der Waals surface area contributed by atoms with Crippen LogP contribution in [0.15, 0.2) is 30.3 Å². The van der Waals surface area contributed by atoms with Crippen molar-refractivity contribution in [2.75, 3.05) is 19.7 Å². The van der Waals surface area contributed by atoms with E-state index < -0.39 is 5.97 Å². The molecule has 5 nitrogen and oxygen atoms in total. The Morgan fingerprint density at radius 1 is 1.26 bits per heavy atom. The molecule has 0 bridgehead atoms. The highest BCUT2D eigenvalue weighted by molar-refractivity contribution is 7.20. The van der Waals surface area contributed by atoms with Crippen molar-refractivity contribution in [2.45, 2.75) is 26.1 Å². The molecule has 23 heavy (non-hydrogen) atoms. The average Bonchev–Trinajstić information content (AvgIpc) is 2.95. The number of amides is 1. The Morgan fingerprint density at radius 3 is 2.65 bits per heavy atom. The lowest BCUT2D eigenvalue weighted by Gasteiger charge is -2.35. The summed E-state index contributed by atoms with van der Waals surface area (Å²) >= 11 is 1.37. The molecule has 1 fully saturated rings. The minimum absolute atomic E-state index is 0.000923. The summed E-state index contributed by atoms with van der Waals surface area (Å²) < 4.78 is 11.8. The predicted octanol–water partition coefficient (Wildman–Crippen LogP) is 2.69. The third kappa shape index (κ3) is 3.71. The van der Waals surface area contributed by atoms with Crippen LogP contribution in [0.2, 0.25) is 0 Å². The zero-order valence-electron chi connectivity index (χ0n) is 13.2. The molecule has 1 saturated heterocycles. The van der Waals surface area contributed by atoms with E-state index in [2.05, 4.69) is 0 Å². The van der Waals surface area contributed by atoms with Gasteiger partial charge in [-0.2, -0.15) is 0 Å². The van der Waals surface area contributed by atoms with Gasteiger partial charge in [-0.05, 0) is 31.4 Å². The maximum atomic E-state index is 12.2. The second kappa shape index (κ2) is 6.68. The molecule has 1 aromatic carbocycles. The van der Waals surface area contributed by atoms with E-state index in [0.717, 1.165) is 10.1 Å². The van der Waals surface area contributed by atoms with Gasteiger partial charge in [-0.25, -0.2) is 4.79 Å². The van der Waals surface area contributed by atoms with E-state index in [-0.39, 0.29) is 24.7 Å². The monoisotopic (exact) mass is 333 g/mol. The molecule has 0 saturated carbocycles. The molecular formula is C17H19NO4S. The molecule has 0 unspecified atom stereocenters. The maximum absolute atomic E-state index is 12.2. The summed E-state index contributed by atoms with van der Waals surface area (Å²) in [5, 5.41) is 1.01. The predicted molar refractivity (Wildman–Crippen MR) is 88.7 cm³/mol. The molecule has 2 heterocycles. The smallest absolute Gasteiger partial charge is 0.348 e. The lowest BCUT2D eigenvalue weighted by atomic mass is 10.2. The van der Waals surface area contributed by atoms with Gasteiger partial charge in [0.1, 0.15) is 4.88 Å². The number of carbonyl (C=O) groups is 2. The summed E-state index contributed by atoms with van der Waals surface area (Å²) in [7, 11) is 0. The summed E-state index contributed by atoms with van der Waals surface area (Å²) in [6, 6.07) is 9.56. The molecule has 0 aliphatic carbocycles. The third-order valence-corrected chi connectivity index (χ3v) is 4.82. The number of nitrogens with zero attached hydrogens (tertiary/aromatic N) is 1. The van der Waals surface area contributed by atoms with Gasteiger partial charge in [-0.15, -0.1) is 11.3 Å². The van der Waals surface area contributed by atoms with Crippen LogP contribution in [0.3, 0.4) is 0 Å². The molecular weight excluding hydrogens is 314 g/mol. The minimum Gasteiger partial charge on any atom is -0.451 e. The van der Waals surface area contributed by atoms with Gasteiger partial charge in [-0.3, -0.25) is 4.79 Å². The summed E-state index contributed by atoms with van der Waals surface area (Å²) in [6.45, 7) is 4.69. The van der Waals surface area contributed by atoms with Crippen LogP contribution in [0.5, 0.6) is 0 Å². The lowest BCUT2D eigenvalue weighted by molar-refractivity contribution is -0.146. The number of carbonyl (C=O) groups excluding carboxylic acids is 2. The maximum Gasteiger partial charge on any atom is 0.348 e. The van der Waals surface area contributed by atoms with Crippen molar-refractivity contribution in [3.8, 4) is 0 Å². The highest BCUT2D eigenvalue weighted by Crippen LogP contribution is 2.25. The van der Waals surface area contributed by atoms with E-state index in [1.165, 1.54) is 11.3 Å². The van der Waals surface area contributed by atoms with E-state index in [9.17, 15) is 9.59 Å². The van der Waals surface area contributed by atoms with Crippen LogP contribution in [0.1, 0.15) is 23.5 Å². The molecule has 2 aromatic rings. The Bertz CT molecular complexity index is 683. The first-order valence-corrected chi connectivity index (χ1v) is 8.43. The second-order valence-corrected chi connectivity index (χ2v) is 6.86. The number of morpholine rings is 1. The van der Waals surface area contributed by atoms with Crippen molar-refractivity contribution < 1.29 is 19.1 Å². The Kier molecular flexibility index (Phi) is 4.63. The normalized spacial score (nSPS) is 21.4. The van der Waals surface area contributed by atoms with E-state index >= 15 is 0 Å². The zero-order chi connectivity index (χ0) is 16.4. The fourth-order valence-electron chi connectivity index (χ4n) is 2.75. The van der Waals surface area contributed by atoms with Crippen LogP contribution >= 0.6 is 11.3 Å². The highest BCUT2D eigenvalue weighted by Gasteiger charge is 2.26. The van der Waals surface area contributed by atoms with Crippen LogP contribution in [0.25, 0.3) is 10.1 Å². The van der Waals surface area contributed by atoms with Gasteiger partial charge < -0.3 is 14.4 Å². The molecule has 0 N–H and O–H groups in total. The Hall–Kier alpha value is -1.92. The number of rotatable bonds is 3. The molecule has 122 valence electrons. The third-order valence-electron chi connectivity index (χ3n) is 3.73. The van der Waals surface area contributed by atoms with Crippen LogP contribution < -0.4 is 0 Å². The summed E-state index contributed by atoms with van der Waals surface area (Å²) in [5.41, 5.74) is 0. The van der Waals surface area contributed by atoms with Crippen molar-refractivity contribution in [2.24, 2.45) is 0 Å². The lowest BCUT2D eigenvalue weighted by Crippen LogP contribution is -2.49. The van der Waals surface area contributed by atoms with Gasteiger partial charge in [0.15, 0.2) is 6.61 Å². The molecule has 1 aromatic heterocycles. The highest BCUT2D eigenvalue weighted by atomic mass is 32.1. The second-order valence-electron chi connectivity index (χ2n) is 5.78. The summed E-state index contributed by atoms with van der Waals surface area (Å²) in [6.07, 6.45) is 0.00185. The summed E-state index contributed by atoms with van der Waals surface area (Å²) in [5.74, 6) is -0.629. The number of fused-ring (bicyclic) bond motifs is 1. The SMILES string of the molecule is C[C@@H]1CN(C(=O)COC(=O)c2cc3ccccc3s2)C[C@H](C)O1. The molecule has 2 atom stereocenters. The first-order chi connectivity index (χ1) is 11.0. The quantitative estimate of drug-likeness (QED) is 0.811. The largest absolute Gasteiger partial charge is 0.451 e. The van der Waals surface area contributed by atoms with E-state index in [1.54, 1.807) is 11.0 Å². The molecule has 6 heteroatoms. The van der Waals surface area contributed by atoms with E-state index in [1.807, 2.05) is 38.1 Å². The van der Waals surface area contributed by atoms with Crippen LogP contribution in [0.4, 0.5) is 0 Å². The van der Waals surface area contributed by atoms with Crippen molar-refractivity contribution in [1.29, 1.82) is 0 Å².